The van der Waals surface area contributed by atoms with E-state index in [2.05, 4.69) is 5.32 Å². The summed E-state index contributed by atoms with van der Waals surface area (Å²) >= 11 is 0. The summed E-state index contributed by atoms with van der Waals surface area (Å²) in [5.74, 6) is -0.324. The Bertz CT molecular complexity index is 591. The molecule has 6 nitrogen and oxygen atoms in total. The molecular weight excluding hydrogens is 280 g/mol. The topological polar surface area (TPSA) is 75.7 Å². The lowest BCUT2D eigenvalue weighted by molar-refractivity contribution is -0.0258. The SMILES string of the molecule is CON(C)S(=O)(=O)c1cccc(C(=O)NC(C)(C)C)c1. The highest BCUT2D eigenvalue weighted by Gasteiger charge is 2.22. The first-order valence-electron chi connectivity index (χ1n) is 6.03. The Morgan fingerprint density at radius 3 is 2.40 bits per heavy atom. The van der Waals surface area contributed by atoms with Crippen molar-refractivity contribution >= 4 is 15.9 Å². The van der Waals surface area contributed by atoms with Crippen LogP contribution in [0.3, 0.4) is 0 Å². The summed E-state index contributed by atoms with van der Waals surface area (Å²) in [6.07, 6.45) is 0. The highest BCUT2D eigenvalue weighted by molar-refractivity contribution is 7.89. The van der Waals surface area contributed by atoms with Gasteiger partial charge in [-0.3, -0.25) is 9.63 Å². The zero-order valence-electron chi connectivity index (χ0n) is 12.3. The van der Waals surface area contributed by atoms with Gasteiger partial charge in [0.1, 0.15) is 0 Å². The van der Waals surface area contributed by atoms with E-state index in [1.807, 2.05) is 20.8 Å². The molecule has 0 aliphatic rings. The summed E-state index contributed by atoms with van der Waals surface area (Å²) in [5.41, 5.74) is -0.111. The van der Waals surface area contributed by atoms with Crippen LogP contribution in [0.15, 0.2) is 29.2 Å². The number of hydrogen-bond acceptors (Lipinski definition) is 4. The van der Waals surface area contributed by atoms with E-state index >= 15 is 0 Å². The van der Waals surface area contributed by atoms with Gasteiger partial charge in [-0.1, -0.05) is 10.5 Å². The molecular formula is C13H20N2O4S. The standard InChI is InChI=1S/C13H20N2O4S/c1-13(2,3)14-12(16)10-7-6-8-11(9-10)20(17,18)15(4)19-5/h6-9H,1-5H3,(H,14,16). The minimum atomic E-state index is -3.76. The van der Waals surface area contributed by atoms with Crippen molar-refractivity contribution in [3.8, 4) is 0 Å². The van der Waals surface area contributed by atoms with Crippen molar-refractivity contribution in [3.05, 3.63) is 29.8 Å². The van der Waals surface area contributed by atoms with Crippen LogP contribution < -0.4 is 5.32 Å². The molecule has 0 atom stereocenters. The molecule has 0 aromatic heterocycles. The van der Waals surface area contributed by atoms with Crippen molar-refractivity contribution in [2.75, 3.05) is 14.2 Å². The van der Waals surface area contributed by atoms with Crippen molar-refractivity contribution in [3.63, 3.8) is 0 Å². The summed E-state index contributed by atoms with van der Waals surface area (Å²) in [6, 6.07) is 5.82. The minimum Gasteiger partial charge on any atom is -0.347 e. The number of carbonyl (C=O) groups excluding carboxylic acids is 1. The van der Waals surface area contributed by atoms with Gasteiger partial charge in [-0.05, 0) is 39.0 Å². The fourth-order valence-corrected chi connectivity index (χ4v) is 2.48. The minimum absolute atomic E-state index is 0.00316. The van der Waals surface area contributed by atoms with Crippen molar-refractivity contribution in [2.24, 2.45) is 0 Å². The number of carbonyl (C=O) groups is 1. The molecule has 0 saturated carbocycles. The van der Waals surface area contributed by atoms with E-state index in [0.29, 0.717) is 0 Å². The molecule has 112 valence electrons. The number of benzene rings is 1. The van der Waals surface area contributed by atoms with Crippen LogP contribution in [0.25, 0.3) is 0 Å². The van der Waals surface area contributed by atoms with Crippen LogP contribution in [0.2, 0.25) is 0 Å². The molecule has 1 N–H and O–H groups in total. The van der Waals surface area contributed by atoms with Gasteiger partial charge in [0.2, 0.25) is 0 Å². The first-order valence-corrected chi connectivity index (χ1v) is 7.47. The van der Waals surface area contributed by atoms with E-state index in [9.17, 15) is 13.2 Å². The maximum atomic E-state index is 12.1. The molecule has 0 aliphatic carbocycles. The molecule has 1 amide bonds. The van der Waals surface area contributed by atoms with Crippen LogP contribution >= 0.6 is 0 Å². The van der Waals surface area contributed by atoms with Gasteiger partial charge in [-0.15, -0.1) is 0 Å². The molecule has 0 radical (unpaired) electrons. The Labute approximate surface area is 119 Å². The van der Waals surface area contributed by atoms with Crippen LogP contribution in [0.4, 0.5) is 0 Å². The Kier molecular flexibility index (Phi) is 4.90. The van der Waals surface area contributed by atoms with Crippen molar-refractivity contribution in [1.82, 2.24) is 9.79 Å². The summed E-state index contributed by atoms with van der Waals surface area (Å²) in [6.45, 7) is 5.55. The molecule has 0 heterocycles. The molecule has 0 aliphatic heterocycles. The Morgan fingerprint density at radius 2 is 1.90 bits per heavy atom. The van der Waals surface area contributed by atoms with Crippen LogP contribution in [0.5, 0.6) is 0 Å². The Balaban J connectivity index is 3.12. The summed E-state index contributed by atoms with van der Waals surface area (Å²) in [7, 11) is -1.21. The second kappa shape index (κ2) is 5.90. The first-order chi connectivity index (χ1) is 9.08. The van der Waals surface area contributed by atoms with Crippen LogP contribution in [-0.2, 0) is 14.9 Å². The molecule has 1 aromatic rings. The number of sulfonamides is 1. The van der Waals surface area contributed by atoms with Gasteiger partial charge in [0.15, 0.2) is 0 Å². The highest BCUT2D eigenvalue weighted by Crippen LogP contribution is 2.16. The normalized spacial score (nSPS) is 12.5. The second-order valence-electron chi connectivity index (χ2n) is 5.33. The van der Waals surface area contributed by atoms with Gasteiger partial charge >= 0.3 is 0 Å². The van der Waals surface area contributed by atoms with Crippen molar-refractivity contribution in [1.29, 1.82) is 0 Å². The zero-order chi connectivity index (χ0) is 15.6. The maximum absolute atomic E-state index is 12.1. The Hall–Kier alpha value is -1.44. The van der Waals surface area contributed by atoms with Crippen LogP contribution in [0, 0.1) is 0 Å². The predicted molar refractivity (Wildman–Crippen MR) is 75.6 cm³/mol. The number of hydrogen-bond donors (Lipinski definition) is 1. The molecule has 0 unspecified atom stereocenters. The van der Waals surface area contributed by atoms with Gasteiger partial charge < -0.3 is 5.32 Å². The van der Waals surface area contributed by atoms with E-state index in [0.717, 1.165) is 4.47 Å². The molecule has 20 heavy (non-hydrogen) atoms. The lowest BCUT2D eigenvalue weighted by atomic mass is 10.1. The molecule has 0 fully saturated rings. The largest absolute Gasteiger partial charge is 0.347 e. The number of nitrogens with zero attached hydrogens (tertiary/aromatic N) is 1. The monoisotopic (exact) mass is 300 g/mol. The van der Waals surface area contributed by atoms with E-state index in [1.54, 1.807) is 6.07 Å². The molecule has 0 spiro atoms. The van der Waals surface area contributed by atoms with Gasteiger partial charge in [0.05, 0.1) is 12.0 Å². The molecule has 7 heteroatoms. The lowest BCUT2D eigenvalue weighted by Crippen LogP contribution is -2.40. The van der Waals surface area contributed by atoms with Crippen molar-refractivity contribution < 1.29 is 18.0 Å². The summed E-state index contributed by atoms with van der Waals surface area (Å²) in [4.78, 5) is 16.7. The molecule has 1 aromatic carbocycles. The van der Waals surface area contributed by atoms with E-state index in [-0.39, 0.29) is 16.4 Å². The van der Waals surface area contributed by atoms with E-state index in [4.69, 9.17) is 4.84 Å². The fourth-order valence-electron chi connectivity index (χ4n) is 1.46. The lowest BCUT2D eigenvalue weighted by Gasteiger charge is -2.21. The second-order valence-corrected chi connectivity index (χ2v) is 7.27. The summed E-state index contributed by atoms with van der Waals surface area (Å²) in [5, 5.41) is 2.78. The smallest absolute Gasteiger partial charge is 0.264 e. The number of hydroxylamine groups is 1. The van der Waals surface area contributed by atoms with Crippen molar-refractivity contribution in [2.45, 2.75) is 31.2 Å². The fraction of sp³-hybridized carbons (Fsp3) is 0.462. The van der Waals surface area contributed by atoms with Crippen LogP contribution in [-0.4, -0.2) is 38.5 Å². The zero-order valence-corrected chi connectivity index (χ0v) is 13.1. The number of nitrogens with one attached hydrogen (secondary N) is 1. The third-order valence-corrected chi connectivity index (χ3v) is 4.15. The highest BCUT2D eigenvalue weighted by atomic mass is 32.2. The first kappa shape index (κ1) is 16.6. The quantitative estimate of drug-likeness (QED) is 0.853. The third-order valence-electron chi connectivity index (χ3n) is 2.48. The molecule has 1 rings (SSSR count). The Morgan fingerprint density at radius 1 is 1.30 bits per heavy atom. The molecule has 0 bridgehead atoms. The average molecular weight is 300 g/mol. The van der Waals surface area contributed by atoms with Crippen LogP contribution in [0.1, 0.15) is 31.1 Å². The van der Waals surface area contributed by atoms with Gasteiger partial charge in [-0.2, -0.15) is 0 Å². The molecule has 0 saturated heterocycles. The van der Waals surface area contributed by atoms with E-state index in [1.165, 1.54) is 32.4 Å². The summed E-state index contributed by atoms with van der Waals surface area (Å²) < 4.78 is 24.9. The van der Waals surface area contributed by atoms with Gasteiger partial charge in [0, 0.05) is 18.2 Å². The van der Waals surface area contributed by atoms with E-state index < -0.39 is 15.6 Å². The maximum Gasteiger partial charge on any atom is 0.264 e. The average Bonchev–Trinajstić information content (AvgIpc) is 2.35. The third kappa shape index (κ3) is 4.03. The predicted octanol–water partition coefficient (Wildman–Crippen LogP) is 1.40. The number of amides is 1. The van der Waals surface area contributed by atoms with Gasteiger partial charge in [0.25, 0.3) is 15.9 Å². The van der Waals surface area contributed by atoms with Gasteiger partial charge in [-0.25, -0.2) is 8.42 Å². The number of rotatable bonds is 4.